The van der Waals surface area contributed by atoms with Gasteiger partial charge in [0.25, 0.3) is 0 Å². The fourth-order valence-electron chi connectivity index (χ4n) is 14.6. The van der Waals surface area contributed by atoms with Crippen molar-refractivity contribution in [3.05, 3.63) is 82.9 Å². The number of carbonyl (C=O) groups is 6. The Hall–Kier alpha value is -5.82. The van der Waals surface area contributed by atoms with Gasteiger partial charge in [0.05, 0.1) is 92.3 Å². The molecule has 24 heteroatoms. The van der Waals surface area contributed by atoms with Gasteiger partial charge in [0.1, 0.15) is 42.3 Å². The van der Waals surface area contributed by atoms with E-state index < -0.39 is 91.1 Å². The van der Waals surface area contributed by atoms with E-state index in [0.29, 0.717) is 55.3 Å². The van der Waals surface area contributed by atoms with Crippen LogP contribution in [-0.2, 0) is 77.8 Å². The predicted octanol–water partition coefficient (Wildman–Crippen LogP) is 3.35. The van der Waals surface area contributed by atoms with Gasteiger partial charge >= 0.3 is 0 Å². The summed E-state index contributed by atoms with van der Waals surface area (Å²) in [5.41, 5.74) is 3.42. The van der Waals surface area contributed by atoms with Crippen LogP contribution in [-0.4, -0.2) is 193 Å². The topological polar surface area (TPSA) is 295 Å². The lowest BCUT2D eigenvalue weighted by atomic mass is 9.81. The Balaban J connectivity index is 0.681. The number of aromatic nitrogens is 2. The largest absolute Gasteiger partial charge is 0.391 e. The van der Waals surface area contributed by atoms with E-state index in [0.717, 1.165) is 48.8 Å². The van der Waals surface area contributed by atoms with Gasteiger partial charge in [-0.15, -0.1) is 0 Å². The van der Waals surface area contributed by atoms with Gasteiger partial charge in [0.15, 0.2) is 10.6 Å². The third-order valence-corrected chi connectivity index (χ3v) is 19.3. The van der Waals surface area contributed by atoms with Crippen molar-refractivity contribution in [2.75, 3.05) is 33.3 Å². The minimum absolute atomic E-state index is 0.0118. The zero-order valence-electron chi connectivity index (χ0n) is 50.7. The monoisotopic (exact) mass is 1250 g/mol. The molecule has 12 rings (SSSR count). The molecule has 1 spiro atoms. The first-order chi connectivity index (χ1) is 42.9. The van der Waals surface area contributed by atoms with Crippen LogP contribution in [0.25, 0.3) is 0 Å². The SMILES string of the molecule is C=C1C[C@@H]2CC[C@@]34CC5O[C@H]6[C@@H](O3)[C@H]3O[C@H](CC[C@@H]3O[C@H]6[C@H]5O4)CC(=O)C[C@@H]3[C@@H](OC)[C@@H](C[C@H](O)CNC(=O)CNC(=O)[C@H](Cc4ccccc4)NC(=O)CNC(=O)CNC(=O)CCCC#Cc4cnc(=S)[nH]c4)O[C@H]3C[C@H]3O[C@@H](CCC1O2)C[C@@H](C)C3=C. The zero-order valence-corrected chi connectivity index (χ0v) is 51.5. The number of amides is 5. The average molecular weight is 1250 g/mol. The second-order valence-corrected chi connectivity index (χ2v) is 25.9. The minimum atomic E-state index is -1.14. The highest BCUT2D eigenvalue weighted by Gasteiger charge is 2.69. The number of ether oxygens (including phenoxy) is 9. The van der Waals surface area contributed by atoms with Gasteiger partial charge in [-0.2, -0.15) is 0 Å². The number of methoxy groups -OCH3 is 1. The lowest BCUT2D eigenvalue weighted by molar-refractivity contribution is -0.292. The van der Waals surface area contributed by atoms with Crippen LogP contribution in [0.4, 0.5) is 0 Å². The molecule has 1 aromatic heterocycles. The molecule has 10 saturated heterocycles. The van der Waals surface area contributed by atoms with E-state index in [9.17, 15) is 33.9 Å². The Morgan fingerprint density at radius 2 is 1.52 bits per heavy atom. The van der Waals surface area contributed by atoms with Crippen LogP contribution in [0.3, 0.4) is 0 Å². The Bertz CT molecular complexity index is 3030. The molecule has 20 atom stereocenters. The van der Waals surface area contributed by atoms with Gasteiger partial charge in [-0.3, -0.25) is 28.8 Å². The molecule has 0 saturated carbocycles. The number of Topliss-reactive ketones (excluding diaryl/α,β-unsaturated/α-hetero) is 1. The molecule has 2 aromatic rings. The number of carbonyl (C=O) groups excluding carboxylic acids is 6. The van der Waals surface area contributed by atoms with Crippen molar-refractivity contribution in [3.8, 4) is 11.8 Å². The Labute approximate surface area is 523 Å². The number of hydrogen-bond acceptors (Lipinski definition) is 18. The summed E-state index contributed by atoms with van der Waals surface area (Å²) in [7, 11) is 1.57. The molecular weight excluding hydrogens is 1170 g/mol. The Morgan fingerprint density at radius 1 is 0.787 bits per heavy atom. The minimum Gasteiger partial charge on any atom is -0.391 e. The maximum atomic E-state index is 14.5. The van der Waals surface area contributed by atoms with Crippen molar-refractivity contribution in [3.63, 3.8) is 0 Å². The van der Waals surface area contributed by atoms with Crippen molar-refractivity contribution in [2.45, 2.75) is 226 Å². The second kappa shape index (κ2) is 29.2. The molecule has 10 fully saturated rings. The van der Waals surface area contributed by atoms with E-state index in [4.69, 9.17) is 54.8 Å². The number of nitrogens with one attached hydrogen (secondary N) is 6. The summed E-state index contributed by atoms with van der Waals surface area (Å²) in [5, 5.41) is 24.5. The van der Waals surface area contributed by atoms with Gasteiger partial charge < -0.3 is 79.3 Å². The predicted molar refractivity (Wildman–Crippen MR) is 321 cm³/mol. The van der Waals surface area contributed by atoms with Crippen molar-refractivity contribution in [1.82, 2.24) is 36.6 Å². The van der Waals surface area contributed by atoms with E-state index >= 15 is 0 Å². The standard InChI is InChI=1S/C65H85N7O16S/c1-35-21-42-15-17-47-36(2)22-44(81-47)19-20-65-28-52-59(87-65)60-61(86-52)62(88-65)58-48(85-60)18-16-43(83-58)24-40(73)25-45-50(27-49(82-42)37(35)3)84-51(57(45)80-4)26-41(74)31-66-55(77)33-69-63(79)46(23-38-11-7-5-8-12-38)72-56(78)34-68-54(76)32-67-53(75)14-10-6-9-13-39-29-70-64(89)71-30-39/h5,7-8,11-12,29-30,35,41-52,57-62,74H,2-3,6,10,14-28,31-34H2,1,4H3,(H,66,77)(H,67,75)(H,68,76)(H,69,79)(H,72,78)(H,70,71,89)/t35-,41+,42+,43-,44+,45+,46+,47?,48+,49-,50+,51-,52?,57-,58+,59+,60+,61-,62+,65+/m1/s1. The molecule has 0 aliphatic carbocycles. The average Bonchev–Trinajstić information content (AvgIpc) is 1.56. The number of fused-ring (bicyclic) bond motifs is 6. The van der Waals surface area contributed by atoms with E-state index in [1.165, 1.54) is 0 Å². The molecule has 10 aliphatic heterocycles. The smallest absolute Gasteiger partial charge is 0.243 e. The van der Waals surface area contributed by atoms with Crippen molar-refractivity contribution >= 4 is 47.5 Å². The molecule has 0 radical (unpaired) electrons. The van der Waals surface area contributed by atoms with Gasteiger partial charge in [-0.1, -0.05) is 62.3 Å². The molecule has 2 unspecified atom stereocenters. The lowest BCUT2D eigenvalue weighted by Crippen LogP contribution is -2.61. The first kappa shape index (κ1) is 64.7. The number of aliphatic hydroxyl groups excluding tert-OH is 1. The van der Waals surface area contributed by atoms with Crippen molar-refractivity contribution in [2.24, 2.45) is 11.8 Å². The number of aliphatic hydroxyl groups is 1. The fraction of sp³-hybridized carbons (Fsp3) is 0.662. The van der Waals surface area contributed by atoms with Crippen LogP contribution in [0.1, 0.15) is 121 Å². The Kier molecular flexibility index (Phi) is 21.2. The quantitative estimate of drug-likeness (QED) is 0.0487. The number of unbranched alkanes of at least 4 members (excludes halogenated alkanes) is 1. The molecular formula is C65H85N7O16S. The van der Waals surface area contributed by atoms with Crippen LogP contribution in [0.2, 0.25) is 0 Å². The molecule has 23 nitrogen and oxygen atoms in total. The molecule has 7 N–H and O–H groups in total. The van der Waals surface area contributed by atoms with E-state index in [1.54, 1.807) is 43.8 Å². The third kappa shape index (κ3) is 16.1. The molecule has 1 aromatic carbocycles. The summed E-state index contributed by atoms with van der Waals surface area (Å²) in [6.07, 6.45) is 5.45. The van der Waals surface area contributed by atoms with Crippen molar-refractivity contribution in [1.29, 1.82) is 0 Å². The van der Waals surface area contributed by atoms with Gasteiger partial charge in [0, 0.05) is 89.8 Å². The van der Waals surface area contributed by atoms with E-state index in [-0.39, 0.29) is 124 Å². The van der Waals surface area contributed by atoms with Crippen LogP contribution in [0.5, 0.6) is 0 Å². The highest BCUT2D eigenvalue weighted by molar-refractivity contribution is 7.71. The number of H-pyrrole nitrogens is 1. The molecule has 89 heavy (non-hydrogen) atoms. The number of hydrogen-bond donors (Lipinski definition) is 7. The maximum absolute atomic E-state index is 14.5. The molecule has 12 bridgehead atoms. The summed E-state index contributed by atoms with van der Waals surface area (Å²) in [6.45, 7) is 9.60. The fourth-order valence-corrected chi connectivity index (χ4v) is 14.7. The summed E-state index contributed by atoms with van der Waals surface area (Å²) >= 11 is 4.93. The summed E-state index contributed by atoms with van der Waals surface area (Å²) < 4.78 is 61.1. The van der Waals surface area contributed by atoms with Gasteiger partial charge in [-0.05, 0) is 86.2 Å². The van der Waals surface area contributed by atoms with E-state index in [2.05, 4.69) is 68.5 Å². The summed E-state index contributed by atoms with van der Waals surface area (Å²) in [4.78, 5) is 86.4. The zero-order chi connectivity index (χ0) is 62.3. The first-order valence-electron chi connectivity index (χ1n) is 31.8. The number of rotatable bonds is 18. The van der Waals surface area contributed by atoms with Crippen LogP contribution in [0.15, 0.2) is 67.0 Å². The van der Waals surface area contributed by atoms with Crippen LogP contribution in [0, 0.1) is 28.4 Å². The summed E-state index contributed by atoms with van der Waals surface area (Å²) in [5.74, 6) is 1.83. The summed E-state index contributed by atoms with van der Waals surface area (Å²) in [6, 6.07) is 7.82. The molecule has 11 heterocycles. The highest BCUT2D eigenvalue weighted by atomic mass is 32.1. The maximum Gasteiger partial charge on any atom is 0.243 e. The number of benzene rings is 1. The molecule has 482 valence electrons. The van der Waals surface area contributed by atoms with Gasteiger partial charge in [-0.25, -0.2) is 4.98 Å². The lowest BCUT2D eigenvalue weighted by Gasteiger charge is -2.47. The number of aromatic amines is 1. The normalized spacial score (nSPS) is 35.2. The van der Waals surface area contributed by atoms with Gasteiger partial charge in [0.2, 0.25) is 29.5 Å². The second-order valence-electron chi connectivity index (χ2n) is 25.5. The van der Waals surface area contributed by atoms with Crippen LogP contribution < -0.4 is 26.6 Å². The Morgan fingerprint density at radius 3 is 2.33 bits per heavy atom. The molecule has 5 amide bonds. The highest BCUT2D eigenvalue weighted by Crippen LogP contribution is 2.54. The van der Waals surface area contributed by atoms with Crippen molar-refractivity contribution < 1.29 is 76.5 Å². The molecule has 10 aliphatic rings. The van der Waals surface area contributed by atoms with E-state index in [1.807, 2.05) is 6.07 Å². The first-order valence-corrected chi connectivity index (χ1v) is 32.2. The third-order valence-electron chi connectivity index (χ3n) is 19.1. The number of ketones is 1. The number of nitrogens with zero attached hydrogens (tertiary/aromatic N) is 1. The van der Waals surface area contributed by atoms with Crippen LogP contribution >= 0.6 is 12.2 Å².